The van der Waals surface area contributed by atoms with E-state index in [-0.39, 0.29) is 0 Å². The quantitative estimate of drug-likeness (QED) is 0.580. The molecule has 1 saturated heterocycles. The average molecular weight is 252 g/mol. The van der Waals surface area contributed by atoms with E-state index in [0.29, 0.717) is 5.92 Å². The molecule has 0 aromatic carbocycles. The lowest BCUT2D eigenvalue weighted by molar-refractivity contribution is 0.0369. The van der Waals surface area contributed by atoms with Gasteiger partial charge in [-0.15, -0.1) is 0 Å². The second-order valence-electron chi connectivity index (χ2n) is 5.96. The molecule has 0 atom stereocenters. The van der Waals surface area contributed by atoms with Crippen LogP contribution in [-0.2, 0) is 0 Å². The van der Waals surface area contributed by atoms with Crippen LogP contribution >= 0.6 is 0 Å². The third kappa shape index (κ3) is 4.74. The lowest BCUT2D eigenvalue weighted by Crippen LogP contribution is -2.59. The van der Waals surface area contributed by atoms with Crippen molar-refractivity contribution in [3.8, 4) is 0 Å². The summed E-state index contributed by atoms with van der Waals surface area (Å²) in [6, 6.07) is 0.817. The second kappa shape index (κ2) is 7.96. The lowest BCUT2D eigenvalue weighted by Gasteiger charge is -2.45. The van der Waals surface area contributed by atoms with Crippen LogP contribution in [0.5, 0.6) is 0 Å². The first-order valence-electron chi connectivity index (χ1n) is 7.72. The number of hydrogen-bond donors (Lipinski definition) is 0. The number of allylic oxidation sites excluding steroid dienone is 1. The molecule has 0 spiro atoms. The van der Waals surface area contributed by atoms with Crippen LogP contribution in [0.2, 0.25) is 0 Å². The van der Waals surface area contributed by atoms with Gasteiger partial charge in [0, 0.05) is 19.1 Å². The fourth-order valence-electron chi connectivity index (χ4n) is 2.59. The van der Waals surface area contributed by atoms with Crippen molar-refractivity contribution in [2.24, 2.45) is 5.92 Å². The number of rotatable bonds is 9. The van der Waals surface area contributed by atoms with Crippen molar-refractivity contribution in [1.82, 2.24) is 9.80 Å². The first-order chi connectivity index (χ1) is 8.58. The fraction of sp³-hybridized carbons (Fsp3) is 0.875. The van der Waals surface area contributed by atoms with Gasteiger partial charge < -0.3 is 4.90 Å². The Kier molecular flexibility index (Phi) is 6.95. The molecule has 0 bridgehead atoms. The van der Waals surface area contributed by atoms with Gasteiger partial charge in [0.05, 0.1) is 0 Å². The molecule has 106 valence electrons. The Balaban J connectivity index is 2.24. The van der Waals surface area contributed by atoms with Crippen LogP contribution in [0.15, 0.2) is 12.2 Å². The first-order valence-corrected chi connectivity index (χ1v) is 7.72. The van der Waals surface area contributed by atoms with E-state index in [1.54, 1.807) is 0 Å². The van der Waals surface area contributed by atoms with Gasteiger partial charge in [0.1, 0.15) is 0 Å². The second-order valence-corrected chi connectivity index (χ2v) is 5.96. The van der Waals surface area contributed by atoms with Crippen LogP contribution in [0.3, 0.4) is 0 Å². The van der Waals surface area contributed by atoms with Gasteiger partial charge in [-0.05, 0) is 44.8 Å². The molecule has 2 nitrogen and oxygen atoms in total. The van der Waals surface area contributed by atoms with E-state index in [0.717, 1.165) is 6.04 Å². The average Bonchev–Trinajstić information content (AvgIpc) is 2.27. The van der Waals surface area contributed by atoms with Crippen molar-refractivity contribution in [1.29, 1.82) is 0 Å². The molecule has 0 aliphatic carbocycles. The van der Waals surface area contributed by atoms with Crippen LogP contribution < -0.4 is 0 Å². The van der Waals surface area contributed by atoms with Crippen molar-refractivity contribution in [3.05, 3.63) is 12.2 Å². The molecule has 0 radical (unpaired) electrons. The van der Waals surface area contributed by atoms with Crippen molar-refractivity contribution in [2.75, 3.05) is 32.7 Å². The molecule has 1 fully saturated rings. The summed E-state index contributed by atoms with van der Waals surface area (Å²) in [4.78, 5) is 5.22. The summed E-state index contributed by atoms with van der Waals surface area (Å²) >= 11 is 0. The fourth-order valence-corrected chi connectivity index (χ4v) is 2.59. The zero-order chi connectivity index (χ0) is 13.5. The normalized spacial score (nSPS) is 17.4. The Hall–Kier alpha value is -0.340. The van der Waals surface area contributed by atoms with E-state index in [2.05, 4.69) is 44.1 Å². The Morgan fingerprint density at radius 3 is 2.44 bits per heavy atom. The molecule has 1 aliphatic rings. The summed E-state index contributed by atoms with van der Waals surface area (Å²) in [7, 11) is 0. The zero-order valence-corrected chi connectivity index (χ0v) is 12.9. The van der Waals surface area contributed by atoms with Crippen LogP contribution in [0, 0.1) is 5.92 Å². The minimum Gasteiger partial charge on any atom is -0.300 e. The number of likely N-dealkylation sites (tertiary alicyclic amines) is 1. The topological polar surface area (TPSA) is 6.48 Å². The smallest absolute Gasteiger partial charge is 0.0350 e. The van der Waals surface area contributed by atoms with Crippen molar-refractivity contribution >= 4 is 0 Å². The summed E-state index contributed by atoms with van der Waals surface area (Å²) in [5.41, 5.74) is 1.41. The molecular weight excluding hydrogens is 220 g/mol. The Morgan fingerprint density at radius 1 is 1.28 bits per heavy atom. The molecule has 0 amide bonds. The standard InChI is InChI=1S/C16H32N2/c1-6-10-18(16-12-17(7-2)13-16)11-8-9-15(5)14(3)4/h14,16H,5-13H2,1-4H3. The Bertz CT molecular complexity index is 241. The molecule has 0 saturated carbocycles. The van der Waals surface area contributed by atoms with Crippen molar-refractivity contribution in [3.63, 3.8) is 0 Å². The van der Waals surface area contributed by atoms with Crippen molar-refractivity contribution < 1.29 is 0 Å². The summed E-state index contributed by atoms with van der Waals surface area (Å²) in [5, 5.41) is 0. The number of hydrogen-bond acceptors (Lipinski definition) is 2. The number of likely N-dealkylation sites (N-methyl/N-ethyl adjacent to an activating group) is 1. The highest BCUT2D eigenvalue weighted by molar-refractivity contribution is 4.97. The molecule has 0 N–H and O–H groups in total. The van der Waals surface area contributed by atoms with Crippen LogP contribution in [0.4, 0.5) is 0 Å². The van der Waals surface area contributed by atoms with Gasteiger partial charge in [-0.1, -0.05) is 39.8 Å². The predicted octanol–water partition coefficient (Wildman–Crippen LogP) is 3.39. The summed E-state index contributed by atoms with van der Waals surface area (Å²) in [6.45, 7) is 19.5. The van der Waals surface area contributed by atoms with Crippen LogP contribution in [0.25, 0.3) is 0 Å². The molecular formula is C16H32N2. The SMILES string of the molecule is C=C(CCCN(CCC)C1CN(CC)C1)C(C)C. The monoisotopic (exact) mass is 252 g/mol. The van der Waals surface area contributed by atoms with Gasteiger partial charge in [0.2, 0.25) is 0 Å². The highest BCUT2D eigenvalue weighted by Gasteiger charge is 2.29. The lowest BCUT2D eigenvalue weighted by atomic mass is 9.99. The Labute approximate surface area is 114 Å². The molecule has 2 heteroatoms. The summed E-state index contributed by atoms with van der Waals surface area (Å²) < 4.78 is 0. The zero-order valence-electron chi connectivity index (χ0n) is 12.9. The largest absolute Gasteiger partial charge is 0.300 e. The van der Waals surface area contributed by atoms with Gasteiger partial charge in [-0.3, -0.25) is 4.90 Å². The minimum atomic E-state index is 0.643. The van der Waals surface area contributed by atoms with E-state index in [1.807, 2.05) is 0 Å². The predicted molar refractivity (Wildman–Crippen MR) is 81.0 cm³/mol. The van der Waals surface area contributed by atoms with E-state index in [1.165, 1.54) is 57.6 Å². The highest BCUT2D eigenvalue weighted by Crippen LogP contribution is 2.18. The molecule has 18 heavy (non-hydrogen) atoms. The molecule has 1 rings (SSSR count). The first kappa shape index (κ1) is 15.7. The summed E-state index contributed by atoms with van der Waals surface area (Å²) in [6.07, 6.45) is 3.75. The third-order valence-electron chi connectivity index (χ3n) is 4.17. The highest BCUT2D eigenvalue weighted by atomic mass is 15.3. The van der Waals surface area contributed by atoms with Gasteiger partial charge in [0.15, 0.2) is 0 Å². The van der Waals surface area contributed by atoms with Gasteiger partial charge in [0.25, 0.3) is 0 Å². The van der Waals surface area contributed by atoms with E-state index < -0.39 is 0 Å². The summed E-state index contributed by atoms with van der Waals surface area (Å²) in [5.74, 6) is 0.643. The molecule has 1 heterocycles. The Morgan fingerprint density at radius 2 is 1.94 bits per heavy atom. The number of nitrogens with zero attached hydrogens (tertiary/aromatic N) is 2. The van der Waals surface area contributed by atoms with Gasteiger partial charge >= 0.3 is 0 Å². The van der Waals surface area contributed by atoms with Gasteiger partial charge in [-0.25, -0.2) is 0 Å². The maximum absolute atomic E-state index is 4.17. The minimum absolute atomic E-state index is 0.643. The van der Waals surface area contributed by atoms with E-state index in [4.69, 9.17) is 0 Å². The third-order valence-corrected chi connectivity index (χ3v) is 4.17. The molecule has 0 unspecified atom stereocenters. The maximum Gasteiger partial charge on any atom is 0.0350 e. The molecule has 1 aliphatic heterocycles. The van der Waals surface area contributed by atoms with Crippen LogP contribution in [-0.4, -0.2) is 48.6 Å². The van der Waals surface area contributed by atoms with Gasteiger partial charge in [-0.2, -0.15) is 0 Å². The van der Waals surface area contributed by atoms with E-state index in [9.17, 15) is 0 Å². The van der Waals surface area contributed by atoms with Crippen LogP contribution in [0.1, 0.15) is 47.0 Å². The molecule has 0 aromatic heterocycles. The van der Waals surface area contributed by atoms with E-state index >= 15 is 0 Å². The van der Waals surface area contributed by atoms with Crippen molar-refractivity contribution in [2.45, 2.75) is 53.0 Å². The molecule has 0 aromatic rings. The maximum atomic E-state index is 4.17.